The van der Waals surface area contributed by atoms with Crippen LogP contribution in [0.15, 0.2) is 12.5 Å². The zero-order valence-corrected chi connectivity index (χ0v) is 17.1. The van der Waals surface area contributed by atoms with Gasteiger partial charge >= 0.3 is 6.09 Å². The van der Waals surface area contributed by atoms with Crippen molar-refractivity contribution in [3.8, 4) is 0 Å². The van der Waals surface area contributed by atoms with E-state index in [1.165, 1.54) is 11.2 Å². The summed E-state index contributed by atoms with van der Waals surface area (Å²) in [6, 6.07) is 0.0107. The number of ether oxygens (including phenoxy) is 1. The van der Waals surface area contributed by atoms with Gasteiger partial charge in [0.2, 0.25) is 0 Å². The normalized spacial score (nSPS) is 17.5. The minimum atomic E-state index is -0.525. The molecule has 28 heavy (non-hydrogen) atoms. The Hall–Kier alpha value is -2.84. The summed E-state index contributed by atoms with van der Waals surface area (Å²) in [6.07, 6.45) is 4.56. The summed E-state index contributed by atoms with van der Waals surface area (Å²) >= 11 is 0. The number of hydrogen-bond donors (Lipinski definition) is 2. The van der Waals surface area contributed by atoms with Gasteiger partial charge in [-0.1, -0.05) is 0 Å². The van der Waals surface area contributed by atoms with Gasteiger partial charge in [0, 0.05) is 39.4 Å². The number of fused-ring (bicyclic) bond motifs is 1. The smallest absolute Gasteiger partial charge is 0.410 e. The molecule has 9 nitrogen and oxygen atoms in total. The SMILES string of the molecule is CN(C)C(=O)c1c[nH]c2ncnc(NC3CCCN(C(=O)OC(C)(C)C)C3)c12. The number of nitrogens with zero attached hydrogens (tertiary/aromatic N) is 4. The standard InChI is InChI=1S/C19H28N6O3/c1-19(2,3)28-18(27)25-8-6-7-12(10-25)23-16-14-13(17(26)24(4)5)9-20-15(14)21-11-22-16/h9,11-12H,6-8,10H2,1-5H3,(H2,20,21,22,23). The molecule has 0 spiro atoms. The largest absolute Gasteiger partial charge is 0.444 e. The first-order valence-corrected chi connectivity index (χ1v) is 9.44. The Morgan fingerprint density at radius 3 is 2.75 bits per heavy atom. The first-order chi connectivity index (χ1) is 13.2. The van der Waals surface area contributed by atoms with Gasteiger partial charge in [0.25, 0.3) is 5.91 Å². The maximum Gasteiger partial charge on any atom is 0.410 e. The van der Waals surface area contributed by atoms with Crippen molar-refractivity contribution in [3.63, 3.8) is 0 Å². The summed E-state index contributed by atoms with van der Waals surface area (Å²) in [5, 5.41) is 4.06. The molecule has 3 rings (SSSR count). The van der Waals surface area contributed by atoms with Crippen molar-refractivity contribution in [1.29, 1.82) is 0 Å². The quantitative estimate of drug-likeness (QED) is 0.837. The molecule has 9 heteroatoms. The maximum absolute atomic E-state index is 12.5. The molecular weight excluding hydrogens is 360 g/mol. The molecule has 0 aromatic carbocycles. The third-order valence-corrected chi connectivity index (χ3v) is 4.52. The third-order valence-electron chi connectivity index (χ3n) is 4.52. The van der Waals surface area contributed by atoms with Crippen LogP contribution in [0.3, 0.4) is 0 Å². The number of nitrogens with one attached hydrogen (secondary N) is 2. The Bertz CT molecular complexity index is 870. The molecule has 0 radical (unpaired) electrons. The zero-order chi connectivity index (χ0) is 20.5. The van der Waals surface area contributed by atoms with E-state index in [2.05, 4.69) is 20.3 Å². The van der Waals surface area contributed by atoms with Gasteiger partial charge in [0.1, 0.15) is 23.4 Å². The van der Waals surface area contributed by atoms with Crippen LogP contribution in [-0.4, -0.2) is 75.6 Å². The van der Waals surface area contributed by atoms with Gasteiger partial charge in [0.05, 0.1) is 10.9 Å². The van der Waals surface area contributed by atoms with Crippen molar-refractivity contribution in [3.05, 3.63) is 18.1 Å². The van der Waals surface area contributed by atoms with Crippen molar-refractivity contribution in [2.24, 2.45) is 0 Å². The number of H-pyrrole nitrogens is 1. The highest BCUT2D eigenvalue weighted by Gasteiger charge is 2.28. The van der Waals surface area contributed by atoms with Gasteiger partial charge in [-0.3, -0.25) is 4.79 Å². The third kappa shape index (κ3) is 4.35. The molecule has 0 bridgehead atoms. The Kier molecular flexibility index (Phi) is 5.44. The van der Waals surface area contributed by atoms with Crippen molar-refractivity contribution in [2.75, 3.05) is 32.5 Å². The minimum absolute atomic E-state index is 0.0107. The van der Waals surface area contributed by atoms with Crippen LogP contribution < -0.4 is 5.32 Å². The van der Waals surface area contributed by atoms with Gasteiger partial charge < -0.3 is 24.8 Å². The van der Waals surface area contributed by atoms with E-state index in [-0.39, 0.29) is 18.0 Å². The molecule has 0 saturated carbocycles. The number of carbonyl (C=O) groups excluding carboxylic acids is 2. The summed E-state index contributed by atoms with van der Waals surface area (Å²) in [7, 11) is 3.41. The number of carbonyl (C=O) groups is 2. The number of amides is 2. The molecule has 1 saturated heterocycles. The second-order valence-electron chi connectivity index (χ2n) is 8.26. The molecule has 1 atom stereocenters. The van der Waals surface area contributed by atoms with Crippen molar-refractivity contribution >= 4 is 28.9 Å². The van der Waals surface area contributed by atoms with Crippen LogP contribution in [0.5, 0.6) is 0 Å². The Morgan fingerprint density at radius 2 is 2.07 bits per heavy atom. The first-order valence-electron chi connectivity index (χ1n) is 9.44. The molecule has 2 N–H and O–H groups in total. The van der Waals surface area contributed by atoms with E-state index < -0.39 is 5.60 Å². The first kappa shape index (κ1) is 19.9. The summed E-state index contributed by atoms with van der Waals surface area (Å²) in [6.45, 7) is 6.76. The fraction of sp³-hybridized carbons (Fsp3) is 0.579. The van der Waals surface area contributed by atoms with Crippen LogP contribution in [-0.2, 0) is 4.74 Å². The predicted molar refractivity (Wildman–Crippen MR) is 106 cm³/mol. The molecule has 152 valence electrons. The van der Waals surface area contributed by atoms with E-state index in [1.807, 2.05) is 20.8 Å². The lowest BCUT2D eigenvalue weighted by molar-refractivity contribution is 0.0206. The summed E-state index contributed by atoms with van der Waals surface area (Å²) in [5.74, 6) is 0.468. The van der Waals surface area contributed by atoms with E-state index in [9.17, 15) is 9.59 Å². The van der Waals surface area contributed by atoms with Crippen molar-refractivity contribution in [2.45, 2.75) is 45.3 Å². The van der Waals surface area contributed by atoms with Crippen LogP contribution in [0.25, 0.3) is 11.0 Å². The topological polar surface area (TPSA) is 103 Å². The van der Waals surface area contributed by atoms with Crippen LogP contribution >= 0.6 is 0 Å². The lowest BCUT2D eigenvalue weighted by Gasteiger charge is -2.34. The molecule has 1 aliphatic heterocycles. The molecule has 1 unspecified atom stereocenters. The number of piperidine rings is 1. The number of likely N-dealkylation sites (tertiary alicyclic amines) is 1. The van der Waals surface area contributed by atoms with Crippen LogP contribution in [0.4, 0.5) is 10.6 Å². The second kappa shape index (κ2) is 7.65. The highest BCUT2D eigenvalue weighted by molar-refractivity contribution is 6.09. The second-order valence-corrected chi connectivity index (χ2v) is 8.26. The number of anilines is 1. The fourth-order valence-corrected chi connectivity index (χ4v) is 3.26. The Balaban J connectivity index is 1.80. The average Bonchev–Trinajstić information content (AvgIpc) is 3.05. The lowest BCUT2D eigenvalue weighted by atomic mass is 10.1. The predicted octanol–water partition coefficient (Wildman–Crippen LogP) is 2.47. The maximum atomic E-state index is 12.5. The average molecular weight is 388 g/mol. The van der Waals surface area contributed by atoms with E-state index in [0.29, 0.717) is 35.5 Å². The molecule has 3 heterocycles. The highest BCUT2D eigenvalue weighted by atomic mass is 16.6. The van der Waals surface area contributed by atoms with Gasteiger partial charge in [-0.2, -0.15) is 0 Å². The molecule has 2 amide bonds. The van der Waals surface area contributed by atoms with Crippen molar-refractivity contribution in [1.82, 2.24) is 24.8 Å². The number of aromatic amines is 1. The van der Waals surface area contributed by atoms with E-state index in [4.69, 9.17) is 4.74 Å². The molecular formula is C19H28N6O3. The summed E-state index contributed by atoms with van der Waals surface area (Å²) in [4.78, 5) is 39.7. The van der Waals surface area contributed by atoms with Crippen LogP contribution in [0.2, 0.25) is 0 Å². The Morgan fingerprint density at radius 1 is 1.32 bits per heavy atom. The highest BCUT2D eigenvalue weighted by Crippen LogP contribution is 2.26. The molecule has 0 aliphatic carbocycles. The van der Waals surface area contributed by atoms with Gasteiger partial charge in [-0.05, 0) is 33.6 Å². The summed E-state index contributed by atoms with van der Waals surface area (Å²) < 4.78 is 5.49. The van der Waals surface area contributed by atoms with E-state index in [0.717, 1.165) is 12.8 Å². The minimum Gasteiger partial charge on any atom is -0.444 e. The molecule has 1 aliphatic rings. The van der Waals surface area contributed by atoms with Gasteiger partial charge in [-0.15, -0.1) is 0 Å². The number of rotatable bonds is 3. The van der Waals surface area contributed by atoms with Crippen LogP contribution in [0, 0.1) is 0 Å². The van der Waals surface area contributed by atoms with Crippen molar-refractivity contribution < 1.29 is 14.3 Å². The lowest BCUT2D eigenvalue weighted by Crippen LogP contribution is -2.47. The molecule has 1 fully saturated rings. The number of aromatic nitrogens is 3. The van der Waals surface area contributed by atoms with Gasteiger partial charge in [-0.25, -0.2) is 14.8 Å². The molecule has 2 aromatic rings. The monoisotopic (exact) mass is 388 g/mol. The van der Waals surface area contributed by atoms with Gasteiger partial charge in [0.15, 0.2) is 0 Å². The summed E-state index contributed by atoms with van der Waals surface area (Å²) in [5.41, 5.74) is 0.591. The molecule has 2 aromatic heterocycles. The fourth-order valence-electron chi connectivity index (χ4n) is 3.26. The number of hydrogen-bond acceptors (Lipinski definition) is 6. The zero-order valence-electron chi connectivity index (χ0n) is 17.1. The van der Waals surface area contributed by atoms with E-state index in [1.54, 1.807) is 25.2 Å². The van der Waals surface area contributed by atoms with Crippen LogP contribution in [0.1, 0.15) is 44.0 Å². The van der Waals surface area contributed by atoms with E-state index >= 15 is 0 Å². The Labute approximate surface area is 164 Å².